The van der Waals surface area contributed by atoms with Crippen LogP contribution in [0.2, 0.25) is 0 Å². The molecule has 0 aliphatic heterocycles. The van der Waals surface area contributed by atoms with Crippen LogP contribution in [0.5, 0.6) is 11.5 Å². The van der Waals surface area contributed by atoms with E-state index < -0.39 is 0 Å². The molecule has 1 N–H and O–H groups in total. The first-order valence-electron chi connectivity index (χ1n) is 7.25. The molecule has 0 bridgehead atoms. The Bertz CT molecular complexity index is 378. The van der Waals surface area contributed by atoms with Crippen LogP contribution in [0.25, 0.3) is 0 Å². The average Bonchev–Trinajstić information content (AvgIpc) is 2.64. The molecule has 1 aliphatic carbocycles. The number of para-hydroxylation sites is 2. The lowest BCUT2D eigenvalue weighted by Crippen LogP contribution is -2.21. The lowest BCUT2D eigenvalue weighted by Gasteiger charge is -2.20. The summed E-state index contributed by atoms with van der Waals surface area (Å²) in [5, 5.41) is 10.1. The lowest BCUT2D eigenvalue weighted by atomic mass is 9.94. The highest BCUT2D eigenvalue weighted by atomic mass is 16.5. The van der Waals surface area contributed by atoms with E-state index in [1.165, 1.54) is 12.8 Å². The third-order valence-electron chi connectivity index (χ3n) is 3.93. The summed E-state index contributed by atoms with van der Waals surface area (Å²) in [5.74, 6) is 1.94. The lowest BCUT2D eigenvalue weighted by molar-refractivity contribution is 0.0858. The highest BCUT2D eigenvalue weighted by Crippen LogP contribution is 2.28. The molecule has 106 valence electrons. The van der Waals surface area contributed by atoms with Crippen molar-refractivity contribution >= 4 is 0 Å². The van der Waals surface area contributed by atoms with E-state index in [1.807, 2.05) is 24.3 Å². The van der Waals surface area contributed by atoms with Gasteiger partial charge in [0.2, 0.25) is 0 Å². The minimum absolute atomic E-state index is 0.149. The number of hydrogen-bond acceptors (Lipinski definition) is 3. The Kier molecular flexibility index (Phi) is 5.52. The van der Waals surface area contributed by atoms with Gasteiger partial charge in [0.05, 0.1) is 19.8 Å². The second-order valence-electron chi connectivity index (χ2n) is 5.25. The summed E-state index contributed by atoms with van der Waals surface area (Å²) in [5.41, 5.74) is 0. The topological polar surface area (TPSA) is 38.7 Å². The number of hydrogen-bond donors (Lipinski definition) is 1. The van der Waals surface area contributed by atoms with E-state index in [-0.39, 0.29) is 6.10 Å². The summed E-state index contributed by atoms with van der Waals surface area (Å²) in [7, 11) is 1.65. The van der Waals surface area contributed by atoms with Crippen LogP contribution < -0.4 is 9.47 Å². The molecule has 2 atom stereocenters. The maximum atomic E-state index is 10.1. The van der Waals surface area contributed by atoms with E-state index in [9.17, 15) is 5.11 Å². The predicted molar refractivity (Wildman–Crippen MR) is 75.7 cm³/mol. The summed E-state index contributed by atoms with van der Waals surface area (Å²) in [6.07, 6.45) is 6.47. The number of aliphatic hydroxyl groups excluding tert-OH is 1. The molecule has 1 fully saturated rings. The van der Waals surface area contributed by atoms with Gasteiger partial charge in [-0.05, 0) is 37.3 Å². The first kappa shape index (κ1) is 14.2. The molecule has 2 unspecified atom stereocenters. The largest absolute Gasteiger partial charge is 0.493 e. The van der Waals surface area contributed by atoms with E-state index in [4.69, 9.17) is 9.47 Å². The van der Waals surface area contributed by atoms with Crippen molar-refractivity contribution in [2.24, 2.45) is 5.92 Å². The second-order valence-corrected chi connectivity index (χ2v) is 5.25. The van der Waals surface area contributed by atoms with Gasteiger partial charge in [0.1, 0.15) is 0 Å². The summed E-state index contributed by atoms with van der Waals surface area (Å²) in [4.78, 5) is 0. The Morgan fingerprint density at radius 1 is 1.11 bits per heavy atom. The van der Waals surface area contributed by atoms with Crippen molar-refractivity contribution in [3.63, 3.8) is 0 Å². The van der Waals surface area contributed by atoms with Crippen molar-refractivity contribution in [3.8, 4) is 11.5 Å². The molecule has 0 saturated heterocycles. The molecule has 19 heavy (non-hydrogen) atoms. The minimum atomic E-state index is -0.149. The van der Waals surface area contributed by atoms with E-state index in [0.29, 0.717) is 12.5 Å². The highest BCUT2D eigenvalue weighted by molar-refractivity contribution is 5.39. The van der Waals surface area contributed by atoms with Crippen LogP contribution in [0.1, 0.15) is 38.5 Å². The first-order chi connectivity index (χ1) is 9.31. The van der Waals surface area contributed by atoms with Crippen LogP contribution in [0.15, 0.2) is 24.3 Å². The van der Waals surface area contributed by atoms with Crippen molar-refractivity contribution in [2.45, 2.75) is 44.6 Å². The highest BCUT2D eigenvalue weighted by Gasteiger charge is 2.21. The summed E-state index contributed by atoms with van der Waals surface area (Å²) in [6.45, 7) is 0.641. The molecule has 1 aliphatic rings. The van der Waals surface area contributed by atoms with Crippen LogP contribution in [0.4, 0.5) is 0 Å². The standard InChI is InChI=1S/C16H24O3/c1-18-15-9-5-6-10-16(15)19-12-11-13-7-3-2-4-8-14(13)17/h5-6,9-10,13-14,17H,2-4,7-8,11-12H2,1H3. The molecule has 2 rings (SSSR count). The molecule has 1 aromatic rings. The quantitative estimate of drug-likeness (QED) is 0.828. The van der Waals surface area contributed by atoms with Crippen LogP contribution in [0, 0.1) is 5.92 Å². The van der Waals surface area contributed by atoms with Crippen molar-refractivity contribution < 1.29 is 14.6 Å². The molecule has 0 aromatic heterocycles. The summed E-state index contributed by atoms with van der Waals surface area (Å²) >= 11 is 0. The number of methoxy groups -OCH3 is 1. The fourth-order valence-corrected chi connectivity index (χ4v) is 2.76. The van der Waals surface area contributed by atoms with E-state index in [2.05, 4.69) is 0 Å². The summed E-state index contributed by atoms with van der Waals surface area (Å²) in [6, 6.07) is 7.69. The van der Waals surface area contributed by atoms with Crippen LogP contribution in [-0.4, -0.2) is 24.9 Å². The summed E-state index contributed by atoms with van der Waals surface area (Å²) < 4.78 is 11.0. The van der Waals surface area contributed by atoms with Crippen LogP contribution in [0.3, 0.4) is 0 Å². The smallest absolute Gasteiger partial charge is 0.161 e. The van der Waals surface area contributed by atoms with Gasteiger partial charge in [-0.2, -0.15) is 0 Å². The SMILES string of the molecule is COc1ccccc1OCCC1CCCCCC1O. The maximum Gasteiger partial charge on any atom is 0.161 e. The molecular weight excluding hydrogens is 240 g/mol. The van der Waals surface area contributed by atoms with Gasteiger partial charge in [-0.15, -0.1) is 0 Å². The fourth-order valence-electron chi connectivity index (χ4n) is 2.76. The molecule has 0 radical (unpaired) electrons. The number of ether oxygens (including phenoxy) is 2. The zero-order valence-electron chi connectivity index (χ0n) is 11.7. The van der Waals surface area contributed by atoms with Crippen molar-refractivity contribution in [1.29, 1.82) is 0 Å². The molecule has 0 spiro atoms. The van der Waals surface area contributed by atoms with Gasteiger partial charge in [0.25, 0.3) is 0 Å². The average molecular weight is 264 g/mol. The third kappa shape index (κ3) is 4.13. The van der Waals surface area contributed by atoms with Gasteiger partial charge >= 0.3 is 0 Å². The van der Waals surface area contributed by atoms with Gasteiger partial charge in [0.15, 0.2) is 11.5 Å². The Morgan fingerprint density at radius 3 is 2.63 bits per heavy atom. The molecule has 0 heterocycles. The molecule has 3 heteroatoms. The second kappa shape index (κ2) is 7.39. The molecule has 3 nitrogen and oxygen atoms in total. The minimum Gasteiger partial charge on any atom is -0.493 e. The zero-order chi connectivity index (χ0) is 13.5. The molecular formula is C16H24O3. The van der Waals surface area contributed by atoms with E-state index >= 15 is 0 Å². The van der Waals surface area contributed by atoms with Gasteiger partial charge in [-0.25, -0.2) is 0 Å². The zero-order valence-corrected chi connectivity index (χ0v) is 11.7. The number of aliphatic hydroxyl groups is 1. The fraction of sp³-hybridized carbons (Fsp3) is 0.625. The Labute approximate surface area is 115 Å². The predicted octanol–water partition coefficient (Wildman–Crippen LogP) is 3.41. The Hall–Kier alpha value is -1.22. The Balaban J connectivity index is 1.82. The number of benzene rings is 1. The van der Waals surface area contributed by atoms with E-state index in [0.717, 1.165) is 37.2 Å². The monoisotopic (exact) mass is 264 g/mol. The van der Waals surface area contributed by atoms with Gasteiger partial charge in [-0.1, -0.05) is 31.4 Å². The van der Waals surface area contributed by atoms with E-state index in [1.54, 1.807) is 7.11 Å². The Morgan fingerprint density at radius 2 is 1.84 bits per heavy atom. The van der Waals surface area contributed by atoms with Crippen molar-refractivity contribution in [1.82, 2.24) is 0 Å². The molecule has 0 amide bonds. The normalized spacial score (nSPS) is 23.7. The molecule has 1 saturated carbocycles. The van der Waals surface area contributed by atoms with Gasteiger partial charge in [-0.3, -0.25) is 0 Å². The van der Waals surface area contributed by atoms with Crippen molar-refractivity contribution in [3.05, 3.63) is 24.3 Å². The van der Waals surface area contributed by atoms with Crippen molar-refractivity contribution in [2.75, 3.05) is 13.7 Å². The van der Waals surface area contributed by atoms with Crippen LogP contribution >= 0.6 is 0 Å². The maximum absolute atomic E-state index is 10.1. The first-order valence-corrected chi connectivity index (χ1v) is 7.25. The number of rotatable bonds is 5. The molecule has 1 aromatic carbocycles. The van der Waals surface area contributed by atoms with Crippen LogP contribution in [-0.2, 0) is 0 Å². The van der Waals surface area contributed by atoms with Gasteiger partial charge < -0.3 is 14.6 Å². The third-order valence-corrected chi connectivity index (χ3v) is 3.93. The van der Waals surface area contributed by atoms with Gasteiger partial charge in [0, 0.05) is 0 Å².